The van der Waals surface area contributed by atoms with Crippen molar-refractivity contribution in [1.82, 2.24) is 39.9 Å². The van der Waals surface area contributed by atoms with Crippen LogP contribution in [0.25, 0.3) is 22.5 Å². The summed E-state index contributed by atoms with van der Waals surface area (Å²) in [6.45, 7) is 10.3. The molecule has 0 saturated carbocycles. The highest BCUT2D eigenvalue weighted by atomic mass is 32.2. The third kappa shape index (κ3) is 42.7. The molecule has 3 aromatic carbocycles. The van der Waals surface area contributed by atoms with E-state index < -0.39 is 98.2 Å². The molecule has 7 rings (SSSR count). The molecule has 5 N–H and O–H groups in total. The SMILES string of the molecule is C.C.C.C.C.C.CB(O)c1ccccc1F.CCOC(=O)CC(C)=O.CS(=O)(=O)c1nc(-c2ccccc2F)cc(C(F)(F)F)n1.CSC(=N)N.CSc1nc(-c2ccccc2F)cc(C(F)(F)F)n1.CSc1nc(C(F)(F)F)cc(=O)[nH]1.CSc1nc(C)cc(C(F)(F)F)n1.[2H]CC.[2H]CC. The maximum Gasteiger partial charge on any atom is 0.433 e. The van der Waals surface area contributed by atoms with Gasteiger partial charge in [0.2, 0.25) is 15.0 Å². The van der Waals surface area contributed by atoms with Gasteiger partial charge in [-0.2, -0.15) is 52.7 Å². The summed E-state index contributed by atoms with van der Waals surface area (Å²) in [7, 11) is -4.07. The fourth-order valence-corrected chi connectivity index (χ4v) is 7.42. The van der Waals surface area contributed by atoms with E-state index in [1.807, 2.05) is 0 Å². The second-order valence-corrected chi connectivity index (χ2v) is 21.8. The van der Waals surface area contributed by atoms with Gasteiger partial charge in [-0.25, -0.2) is 56.5 Å². The van der Waals surface area contributed by atoms with Crippen LogP contribution in [0.3, 0.4) is 0 Å². The zero-order valence-electron chi connectivity index (χ0n) is 53.5. The number of rotatable bonds is 10. The van der Waals surface area contributed by atoms with Crippen LogP contribution in [0.1, 0.15) is 124 Å². The van der Waals surface area contributed by atoms with Crippen molar-refractivity contribution in [2.24, 2.45) is 5.73 Å². The number of carbonyl (C=O) groups is 2. The first-order chi connectivity index (χ1) is 44.3. The Kier molecular flexibility index (Phi) is 54.6. The van der Waals surface area contributed by atoms with Gasteiger partial charge in [-0.05, 0) is 99.8 Å². The van der Waals surface area contributed by atoms with Crippen molar-refractivity contribution in [3.63, 3.8) is 0 Å². The van der Waals surface area contributed by atoms with Crippen molar-refractivity contribution in [2.45, 2.75) is 152 Å². The summed E-state index contributed by atoms with van der Waals surface area (Å²) in [4.78, 5) is 57.7. The Balaban J connectivity index is -0.000000169. The number of halogens is 15. The Morgan fingerprint density at radius 2 is 0.980 bits per heavy atom. The number of nitrogens with one attached hydrogen (secondary N) is 2. The highest BCUT2D eigenvalue weighted by molar-refractivity contribution is 8.13. The lowest BCUT2D eigenvalue weighted by molar-refractivity contribution is -0.145. The lowest BCUT2D eigenvalue weighted by Crippen LogP contribution is -2.28. The summed E-state index contributed by atoms with van der Waals surface area (Å²) in [6, 6.07) is 19.3. The van der Waals surface area contributed by atoms with Gasteiger partial charge in [0.05, 0.1) is 18.0 Å². The lowest BCUT2D eigenvalue weighted by atomic mass is 9.64. The number of amidine groups is 1. The molecule has 0 saturated heterocycles. The highest BCUT2D eigenvalue weighted by Crippen LogP contribution is 2.34. The predicted octanol–water partition coefficient (Wildman–Crippen LogP) is 18.1. The molecular weight excluding hydrogens is 1450 g/mol. The predicted molar refractivity (Wildman–Crippen MR) is 375 cm³/mol. The van der Waals surface area contributed by atoms with Crippen LogP contribution in [0.2, 0.25) is 6.82 Å². The standard InChI is InChI=1S/C12H8F4N2O2S.C12H8F4N2S.C7H8BFO.C7H7F3N2S.C6H5F3N2OS.C6H10O3.C2H6N2S.2C2H6.6CH4/c1-21(19,20)11-17-9(6-10(18-11)12(14,15)16)7-4-2-3-5-8(7)13;1-19-11-17-9(6-10(18-11)12(14,15)16)7-4-2-3-5-8(7)13;1-8(10)6-4-2-3-5-7(6)9;1-4-3-5(7(8,9)10)12-6(11-4)13-2;1-13-5-10-3(6(7,8)9)2-4(12)11-5;1-3-9-6(8)4-5(2)7;1-5-2(3)4;2*1-2;;;;;;/h2-6H,1H3;2-6H,1H3;2-5,10H,1H3;3H,1-2H3;2H,1H3,(H,10,11,12);3-4H2,1-2H3;1H3,(H3,3,4);2*1-2H3;6*1H4/i;;;;;;;2*1D;;;;;;. The molecular formula is C62H88BF15N10O7S5. The maximum absolute atomic E-state index is 13.6. The Morgan fingerprint density at radius 3 is 1.31 bits per heavy atom. The first kappa shape index (κ1) is 104. The van der Waals surface area contributed by atoms with E-state index in [2.05, 4.69) is 44.6 Å². The van der Waals surface area contributed by atoms with Gasteiger partial charge >= 0.3 is 37.6 Å². The second kappa shape index (κ2) is 52.7. The van der Waals surface area contributed by atoms with Crippen molar-refractivity contribution < 1.29 is 96.4 Å². The summed E-state index contributed by atoms with van der Waals surface area (Å²) >= 11 is 4.25. The number of thioether (sulfide) groups is 4. The Bertz CT molecular complexity index is 3720. The number of ketones is 1. The van der Waals surface area contributed by atoms with Crippen LogP contribution in [0, 0.1) is 29.8 Å². The van der Waals surface area contributed by atoms with Crippen LogP contribution in [0.15, 0.2) is 122 Å². The summed E-state index contributed by atoms with van der Waals surface area (Å²) < 4.78 is 229. The Hall–Kier alpha value is -7.29. The number of nitrogens with two attached hydrogens (primary N) is 1. The van der Waals surface area contributed by atoms with Crippen molar-refractivity contribution in [1.29, 1.82) is 5.41 Å². The molecule has 38 heteroatoms. The van der Waals surface area contributed by atoms with E-state index in [-0.39, 0.29) is 100 Å². The Labute approximate surface area is 596 Å². The number of Topliss-reactive ketones (excluding diaryl/α,β-unsaturated/α-hetero) is 1. The second-order valence-electron chi connectivity index (χ2n) is 16.7. The van der Waals surface area contributed by atoms with E-state index in [1.54, 1.807) is 64.6 Å². The fourth-order valence-electron chi connectivity index (χ4n) is 5.70. The van der Waals surface area contributed by atoms with Gasteiger partial charge in [0, 0.05) is 31.9 Å². The maximum atomic E-state index is 13.6. The smallest absolute Gasteiger partial charge is 0.433 e. The molecule has 0 radical (unpaired) electrons. The minimum Gasteiger partial charge on any atom is -0.466 e. The molecule has 0 aliphatic rings. The number of aryl methyl sites for hydroxylation is 1. The molecule has 0 atom stereocenters. The molecule has 566 valence electrons. The average molecular weight is 1540 g/mol. The van der Waals surface area contributed by atoms with E-state index in [0.29, 0.717) is 50.0 Å². The van der Waals surface area contributed by atoms with E-state index >= 15 is 0 Å². The van der Waals surface area contributed by atoms with Crippen LogP contribution in [0.4, 0.5) is 65.9 Å². The number of H-pyrrole nitrogens is 1. The van der Waals surface area contributed by atoms with Crippen LogP contribution < -0.4 is 16.8 Å². The highest BCUT2D eigenvalue weighted by Gasteiger charge is 2.37. The van der Waals surface area contributed by atoms with Crippen molar-refractivity contribution in [3.8, 4) is 22.5 Å². The number of aromatic amines is 1. The van der Waals surface area contributed by atoms with Crippen LogP contribution in [0.5, 0.6) is 0 Å². The van der Waals surface area contributed by atoms with Gasteiger partial charge in [-0.15, -0.1) is 0 Å². The number of esters is 1. The summed E-state index contributed by atoms with van der Waals surface area (Å²) in [5.41, 5.74) is -0.612. The zero-order chi connectivity index (χ0) is 74.5. The molecule has 0 spiro atoms. The first-order valence-electron chi connectivity index (χ1n) is 27.2. The average Bonchev–Trinajstić information content (AvgIpc) is 0.796. The number of nitrogens with zero attached hydrogens (tertiary/aromatic N) is 7. The monoisotopic (exact) mass is 1540 g/mol. The topological polar surface area (TPSA) is 271 Å². The fraction of sp³-hybridized carbons (Fsp3) is 0.403. The van der Waals surface area contributed by atoms with Crippen molar-refractivity contribution in [2.75, 3.05) is 37.9 Å². The number of hydrogen-bond donors (Lipinski definition) is 4. The number of alkyl halides is 12. The molecule has 4 aromatic heterocycles. The normalized spacial score (nSPS) is 10.3. The number of sulfone groups is 1. The van der Waals surface area contributed by atoms with E-state index in [0.717, 1.165) is 53.5 Å². The van der Waals surface area contributed by atoms with Crippen LogP contribution in [-0.4, -0.2) is 115 Å². The summed E-state index contributed by atoms with van der Waals surface area (Å²) in [6.07, 6.45) is -11.4. The number of hydrogen-bond acceptors (Lipinski definition) is 19. The zero-order valence-corrected chi connectivity index (χ0v) is 55.5. The minimum absolute atomic E-state index is 0. The van der Waals surface area contributed by atoms with Crippen LogP contribution >= 0.6 is 47.0 Å². The van der Waals surface area contributed by atoms with Crippen molar-refractivity contribution in [3.05, 3.63) is 153 Å². The van der Waals surface area contributed by atoms with Gasteiger partial charge in [-0.1, -0.05) is 169 Å². The molecule has 0 aliphatic carbocycles. The molecule has 0 unspecified atom stereocenters. The molecule has 0 amide bonds. The van der Waals surface area contributed by atoms with Gasteiger partial charge in [0.1, 0.15) is 46.7 Å². The third-order valence-corrected chi connectivity index (χ3v) is 12.6. The van der Waals surface area contributed by atoms with Crippen LogP contribution in [-0.2, 0) is 48.9 Å². The molecule has 17 nitrogen and oxygen atoms in total. The number of ether oxygens (including phenoxy) is 1. The number of carbonyl (C=O) groups excluding carboxylic acids is 2. The number of benzene rings is 3. The van der Waals surface area contributed by atoms with E-state index in [1.165, 1.54) is 80.4 Å². The van der Waals surface area contributed by atoms with Crippen molar-refractivity contribution >= 4 is 86.2 Å². The minimum atomic E-state index is -4.87. The quantitative estimate of drug-likeness (QED) is 0.0145. The summed E-state index contributed by atoms with van der Waals surface area (Å²) in [5.74, 6) is -2.39. The molecule has 0 fully saturated rings. The van der Waals surface area contributed by atoms with Gasteiger partial charge in [0.25, 0.3) is 5.56 Å². The van der Waals surface area contributed by atoms with Gasteiger partial charge in [0.15, 0.2) is 26.3 Å². The largest absolute Gasteiger partial charge is 0.466 e. The first-order valence-corrected chi connectivity index (χ1v) is 32.5. The third-order valence-electron chi connectivity index (χ3n) is 9.59. The van der Waals surface area contributed by atoms with E-state index in [4.69, 9.17) is 18.9 Å². The lowest BCUT2D eigenvalue weighted by Gasteiger charge is -2.10. The number of aromatic nitrogens is 8. The Morgan fingerprint density at radius 1 is 0.620 bits per heavy atom. The summed E-state index contributed by atoms with van der Waals surface area (Å²) in [5, 5.41) is 14.7. The molecule has 100 heavy (non-hydrogen) atoms. The molecule has 0 aliphatic heterocycles. The molecule has 7 aromatic rings. The van der Waals surface area contributed by atoms with Gasteiger partial charge in [-0.3, -0.25) is 19.8 Å². The van der Waals surface area contributed by atoms with E-state index in [9.17, 15) is 88.7 Å². The molecule has 0 bridgehead atoms. The molecule has 4 heterocycles. The van der Waals surface area contributed by atoms with Gasteiger partial charge < -0.3 is 20.5 Å².